The smallest absolute Gasteiger partial charge is 0.338 e. The maximum atomic E-state index is 12.2. The van der Waals surface area contributed by atoms with Crippen LogP contribution >= 0.6 is 23.5 Å². The third kappa shape index (κ3) is 5.53. The maximum absolute atomic E-state index is 12.2. The zero-order valence-electron chi connectivity index (χ0n) is 15.3. The lowest BCUT2D eigenvalue weighted by Crippen LogP contribution is -2.21. The van der Waals surface area contributed by atoms with Gasteiger partial charge in [0.25, 0.3) is 5.91 Å². The fourth-order valence-electron chi connectivity index (χ4n) is 2.81. The first kappa shape index (κ1) is 19.8. The summed E-state index contributed by atoms with van der Waals surface area (Å²) in [5, 5.41) is 2.80. The van der Waals surface area contributed by atoms with Crippen molar-refractivity contribution in [1.29, 1.82) is 0 Å². The van der Waals surface area contributed by atoms with Crippen LogP contribution in [0.5, 0.6) is 0 Å². The summed E-state index contributed by atoms with van der Waals surface area (Å²) in [7, 11) is 0. The summed E-state index contributed by atoms with van der Waals surface area (Å²) in [5.74, 6) is 1.54. The molecule has 0 bridgehead atoms. The molecule has 0 saturated carbocycles. The zero-order valence-corrected chi connectivity index (χ0v) is 16.9. The van der Waals surface area contributed by atoms with Gasteiger partial charge in [0.05, 0.1) is 10.1 Å². The first-order chi connectivity index (χ1) is 13.2. The molecule has 27 heavy (non-hydrogen) atoms. The van der Waals surface area contributed by atoms with E-state index in [1.807, 2.05) is 66.8 Å². The summed E-state index contributed by atoms with van der Waals surface area (Å²) >= 11 is 3.88. The highest BCUT2D eigenvalue weighted by molar-refractivity contribution is 8.16. The van der Waals surface area contributed by atoms with Crippen molar-refractivity contribution in [2.45, 2.75) is 24.3 Å². The summed E-state index contributed by atoms with van der Waals surface area (Å²) in [6.45, 7) is 1.73. The van der Waals surface area contributed by atoms with Crippen LogP contribution in [0.1, 0.15) is 39.4 Å². The number of anilines is 1. The lowest BCUT2D eigenvalue weighted by atomic mass is 10.1. The lowest BCUT2D eigenvalue weighted by molar-refractivity contribution is -0.119. The quantitative estimate of drug-likeness (QED) is 0.697. The van der Waals surface area contributed by atoms with Crippen molar-refractivity contribution in [3.63, 3.8) is 0 Å². The second kappa shape index (κ2) is 9.85. The van der Waals surface area contributed by atoms with Crippen LogP contribution in [-0.2, 0) is 16.0 Å². The summed E-state index contributed by atoms with van der Waals surface area (Å²) in [6, 6.07) is 15.1. The predicted molar refractivity (Wildman–Crippen MR) is 113 cm³/mol. The van der Waals surface area contributed by atoms with Crippen LogP contribution in [0, 0.1) is 0 Å². The van der Waals surface area contributed by atoms with Gasteiger partial charge in [0.2, 0.25) is 0 Å². The van der Waals surface area contributed by atoms with Crippen molar-refractivity contribution >= 4 is 41.1 Å². The normalized spacial score (nSPS) is 14.6. The molecule has 4 nitrogen and oxygen atoms in total. The van der Waals surface area contributed by atoms with Gasteiger partial charge in [-0.2, -0.15) is 0 Å². The van der Waals surface area contributed by atoms with Crippen molar-refractivity contribution in [3.05, 3.63) is 65.2 Å². The van der Waals surface area contributed by atoms with E-state index in [1.54, 1.807) is 12.1 Å². The number of para-hydroxylation sites is 1. The zero-order chi connectivity index (χ0) is 19.1. The monoisotopic (exact) mass is 401 g/mol. The summed E-state index contributed by atoms with van der Waals surface area (Å²) in [6.07, 6.45) is 2.07. The van der Waals surface area contributed by atoms with Crippen LogP contribution < -0.4 is 5.32 Å². The molecule has 0 unspecified atom stereocenters. The molecular formula is C21H23NO3S2. The molecule has 0 aliphatic carbocycles. The number of hydrogen-bond donors (Lipinski definition) is 1. The van der Waals surface area contributed by atoms with Crippen LogP contribution in [0.4, 0.5) is 5.69 Å². The van der Waals surface area contributed by atoms with Gasteiger partial charge in [-0.3, -0.25) is 4.79 Å². The fraction of sp³-hybridized carbons (Fsp3) is 0.333. The topological polar surface area (TPSA) is 55.4 Å². The number of thioether (sulfide) groups is 2. The molecule has 2 aromatic rings. The first-order valence-corrected chi connectivity index (χ1v) is 11.1. The maximum Gasteiger partial charge on any atom is 0.338 e. The Labute approximate surface area is 168 Å². The number of amides is 1. The molecule has 1 saturated heterocycles. The highest BCUT2D eigenvalue weighted by atomic mass is 32.2. The molecule has 142 valence electrons. The average molecular weight is 402 g/mol. The number of hydrogen-bond acceptors (Lipinski definition) is 5. The second-order valence-electron chi connectivity index (χ2n) is 6.18. The number of nitrogens with one attached hydrogen (secondary N) is 1. The number of carbonyl (C=O) groups is 2. The van der Waals surface area contributed by atoms with E-state index in [-0.39, 0.29) is 12.5 Å². The number of rotatable bonds is 6. The van der Waals surface area contributed by atoms with E-state index in [2.05, 4.69) is 5.32 Å². The SMILES string of the molecule is CCc1ccccc1NC(=O)COC(=O)c1ccc(C2SCCCS2)cc1. The highest BCUT2D eigenvalue weighted by Gasteiger charge is 2.17. The summed E-state index contributed by atoms with van der Waals surface area (Å²) < 4.78 is 5.60. The van der Waals surface area contributed by atoms with Crippen molar-refractivity contribution in [2.75, 3.05) is 23.4 Å². The van der Waals surface area contributed by atoms with Gasteiger partial charge in [0, 0.05) is 5.69 Å². The first-order valence-electron chi connectivity index (χ1n) is 9.05. The van der Waals surface area contributed by atoms with Crippen molar-refractivity contribution < 1.29 is 14.3 Å². The molecule has 0 atom stereocenters. The van der Waals surface area contributed by atoms with Crippen LogP contribution in [0.3, 0.4) is 0 Å². The molecule has 0 aromatic heterocycles. The van der Waals surface area contributed by atoms with Gasteiger partial charge in [-0.05, 0) is 53.7 Å². The Balaban J connectivity index is 1.52. The van der Waals surface area contributed by atoms with Gasteiger partial charge >= 0.3 is 5.97 Å². The highest BCUT2D eigenvalue weighted by Crippen LogP contribution is 2.43. The average Bonchev–Trinajstić information content (AvgIpc) is 2.73. The minimum atomic E-state index is -0.482. The number of esters is 1. The molecule has 1 fully saturated rings. The predicted octanol–water partition coefficient (Wildman–Crippen LogP) is 4.91. The minimum absolute atomic E-state index is 0.299. The van der Waals surface area contributed by atoms with E-state index in [0.717, 1.165) is 17.7 Å². The van der Waals surface area contributed by atoms with E-state index in [1.165, 1.54) is 23.5 Å². The molecule has 0 radical (unpaired) electrons. The summed E-state index contributed by atoms with van der Waals surface area (Å²) in [5.41, 5.74) is 3.49. The number of benzene rings is 2. The van der Waals surface area contributed by atoms with Gasteiger partial charge < -0.3 is 10.1 Å². The molecule has 1 heterocycles. The number of carbonyl (C=O) groups excluding carboxylic acids is 2. The van der Waals surface area contributed by atoms with E-state index in [9.17, 15) is 9.59 Å². The molecule has 0 spiro atoms. The Morgan fingerprint density at radius 2 is 1.78 bits per heavy atom. The van der Waals surface area contributed by atoms with Crippen molar-refractivity contribution in [3.8, 4) is 0 Å². The standard InChI is InChI=1S/C21H23NO3S2/c1-2-15-6-3-4-7-18(15)22-19(23)14-25-20(24)16-8-10-17(11-9-16)21-26-12-5-13-27-21/h3-4,6-11,21H,2,5,12-14H2,1H3,(H,22,23). The Morgan fingerprint density at radius 1 is 1.07 bits per heavy atom. The number of aryl methyl sites for hydroxylation is 1. The van der Waals surface area contributed by atoms with Crippen LogP contribution in [0.15, 0.2) is 48.5 Å². The largest absolute Gasteiger partial charge is 0.452 e. The Bertz CT molecular complexity index is 786. The Kier molecular flexibility index (Phi) is 7.24. The van der Waals surface area contributed by atoms with Crippen LogP contribution in [0.2, 0.25) is 0 Å². The molecule has 1 aliphatic heterocycles. The van der Waals surface area contributed by atoms with Gasteiger partial charge in [0.15, 0.2) is 6.61 Å². The molecule has 6 heteroatoms. The molecule has 1 amide bonds. The minimum Gasteiger partial charge on any atom is -0.452 e. The van der Waals surface area contributed by atoms with Crippen molar-refractivity contribution in [1.82, 2.24) is 0 Å². The van der Waals surface area contributed by atoms with Crippen LogP contribution in [0.25, 0.3) is 0 Å². The van der Waals surface area contributed by atoms with E-state index in [4.69, 9.17) is 4.74 Å². The molecule has 1 N–H and O–H groups in total. The molecular weight excluding hydrogens is 378 g/mol. The third-order valence-corrected chi connectivity index (χ3v) is 7.27. The Morgan fingerprint density at radius 3 is 2.48 bits per heavy atom. The summed E-state index contributed by atoms with van der Waals surface area (Å²) in [4.78, 5) is 24.3. The van der Waals surface area contributed by atoms with Gasteiger partial charge in [-0.15, -0.1) is 23.5 Å². The van der Waals surface area contributed by atoms with Crippen LogP contribution in [-0.4, -0.2) is 30.0 Å². The molecule has 3 rings (SSSR count). The van der Waals surface area contributed by atoms with Gasteiger partial charge in [-0.25, -0.2) is 4.79 Å². The van der Waals surface area contributed by atoms with E-state index in [0.29, 0.717) is 10.1 Å². The van der Waals surface area contributed by atoms with Gasteiger partial charge in [0.1, 0.15) is 0 Å². The molecule has 2 aromatic carbocycles. The van der Waals surface area contributed by atoms with Gasteiger partial charge in [-0.1, -0.05) is 37.3 Å². The molecule has 1 aliphatic rings. The van der Waals surface area contributed by atoms with Crippen molar-refractivity contribution in [2.24, 2.45) is 0 Å². The third-order valence-electron chi connectivity index (χ3n) is 4.25. The Hall–Kier alpha value is -1.92. The second-order valence-corrected chi connectivity index (χ2v) is 8.91. The number of ether oxygens (including phenoxy) is 1. The van der Waals surface area contributed by atoms with E-state index >= 15 is 0 Å². The van der Waals surface area contributed by atoms with E-state index < -0.39 is 5.97 Å². The lowest BCUT2D eigenvalue weighted by Gasteiger charge is -2.21. The fourth-order valence-corrected chi connectivity index (χ4v) is 5.70.